The maximum absolute atomic E-state index is 13.1. The number of hydrogen-bond donors (Lipinski definition) is 1. The fourth-order valence-corrected chi connectivity index (χ4v) is 5.06. The van der Waals surface area contributed by atoms with E-state index in [4.69, 9.17) is 0 Å². The Bertz CT molecular complexity index is 1220. The predicted molar refractivity (Wildman–Crippen MR) is 118 cm³/mol. The summed E-state index contributed by atoms with van der Waals surface area (Å²) in [5, 5.41) is 2.00. The van der Waals surface area contributed by atoms with Gasteiger partial charge in [-0.25, -0.2) is 4.98 Å². The Balaban J connectivity index is 1.48. The maximum atomic E-state index is 13.1. The fourth-order valence-electron chi connectivity index (χ4n) is 4.16. The Morgan fingerprint density at radius 1 is 1.07 bits per heavy atom. The summed E-state index contributed by atoms with van der Waals surface area (Å²) in [6.45, 7) is 5.46. The largest absolute Gasteiger partial charge is 0.342 e. The van der Waals surface area contributed by atoms with Gasteiger partial charge in [-0.3, -0.25) is 4.79 Å². The molecule has 146 valence electrons. The molecule has 0 fully saturated rings. The van der Waals surface area contributed by atoms with Crippen LogP contribution in [0, 0.1) is 13.8 Å². The molecule has 1 aliphatic heterocycles. The molecule has 0 spiro atoms. The lowest BCUT2D eigenvalue weighted by atomic mass is 9.97. The third-order valence-corrected chi connectivity index (χ3v) is 6.72. The van der Waals surface area contributed by atoms with Crippen LogP contribution in [0.4, 0.5) is 0 Å². The summed E-state index contributed by atoms with van der Waals surface area (Å²) in [5.41, 5.74) is 8.05. The van der Waals surface area contributed by atoms with Gasteiger partial charge in [0.1, 0.15) is 5.82 Å². The summed E-state index contributed by atoms with van der Waals surface area (Å²) in [6, 6.07) is 15.1. The van der Waals surface area contributed by atoms with Crippen LogP contribution in [0.25, 0.3) is 22.2 Å². The van der Waals surface area contributed by atoms with Crippen molar-refractivity contribution in [3.8, 4) is 11.1 Å². The molecule has 1 amide bonds. The molecule has 3 heterocycles. The Morgan fingerprint density at radius 2 is 1.90 bits per heavy atom. The third-order valence-electron chi connectivity index (χ3n) is 5.72. The van der Waals surface area contributed by atoms with Crippen LogP contribution in [0.3, 0.4) is 0 Å². The summed E-state index contributed by atoms with van der Waals surface area (Å²) in [7, 11) is 0. The number of nitrogens with zero attached hydrogens (tertiary/aromatic N) is 2. The van der Waals surface area contributed by atoms with Gasteiger partial charge in [0.25, 0.3) is 5.91 Å². The van der Waals surface area contributed by atoms with E-state index in [0.717, 1.165) is 52.2 Å². The van der Waals surface area contributed by atoms with Crippen molar-refractivity contribution in [3.63, 3.8) is 0 Å². The van der Waals surface area contributed by atoms with Crippen LogP contribution in [0.2, 0.25) is 0 Å². The minimum absolute atomic E-state index is 0.157. The standard InChI is InChI=1S/C24H23N3OS/c1-15-9-11-29-23(15)24(28)27-10-3-4-17-5-6-18(12-20(17)14-27)19-7-8-21-22(13-19)26-16(2)25-21/h5-9,11-13H,3-4,10,14H2,1-2H3,(H,25,26). The van der Waals surface area contributed by atoms with E-state index in [2.05, 4.69) is 46.4 Å². The molecule has 2 aromatic heterocycles. The van der Waals surface area contributed by atoms with Gasteiger partial charge in [-0.1, -0.05) is 18.2 Å². The first kappa shape index (κ1) is 18.1. The molecule has 0 saturated heterocycles. The van der Waals surface area contributed by atoms with Gasteiger partial charge in [0, 0.05) is 13.1 Å². The molecule has 5 rings (SSSR count). The lowest BCUT2D eigenvalue weighted by Crippen LogP contribution is -2.30. The molecule has 4 aromatic rings. The van der Waals surface area contributed by atoms with Gasteiger partial charge in [-0.05, 0) is 84.2 Å². The molecule has 5 heteroatoms. The Hall–Kier alpha value is -2.92. The number of amides is 1. The molecule has 29 heavy (non-hydrogen) atoms. The number of H-pyrrole nitrogens is 1. The van der Waals surface area contributed by atoms with E-state index in [9.17, 15) is 4.79 Å². The number of thiophene rings is 1. The lowest BCUT2D eigenvalue weighted by Gasteiger charge is -2.21. The molecule has 0 saturated carbocycles. The lowest BCUT2D eigenvalue weighted by molar-refractivity contribution is 0.0750. The smallest absolute Gasteiger partial charge is 0.264 e. The van der Waals surface area contributed by atoms with E-state index >= 15 is 0 Å². The van der Waals surface area contributed by atoms with Crippen molar-refractivity contribution in [2.45, 2.75) is 33.2 Å². The molecule has 1 N–H and O–H groups in total. The third kappa shape index (κ3) is 3.36. The zero-order valence-electron chi connectivity index (χ0n) is 16.7. The molecular formula is C24H23N3OS. The van der Waals surface area contributed by atoms with E-state index in [1.165, 1.54) is 16.7 Å². The van der Waals surface area contributed by atoms with E-state index in [0.29, 0.717) is 6.54 Å². The number of carbonyl (C=O) groups excluding carboxylic acids is 1. The Morgan fingerprint density at radius 3 is 2.72 bits per heavy atom. The minimum Gasteiger partial charge on any atom is -0.342 e. The van der Waals surface area contributed by atoms with E-state index in [1.54, 1.807) is 11.3 Å². The van der Waals surface area contributed by atoms with Crippen molar-refractivity contribution in [2.75, 3.05) is 6.54 Å². The van der Waals surface area contributed by atoms with Crippen molar-refractivity contribution >= 4 is 28.3 Å². The van der Waals surface area contributed by atoms with Gasteiger partial charge in [0.15, 0.2) is 0 Å². The quantitative estimate of drug-likeness (QED) is 0.482. The zero-order chi connectivity index (χ0) is 20.0. The highest BCUT2D eigenvalue weighted by molar-refractivity contribution is 7.12. The molecule has 1 aliphatic rings. The molecule has 0 atom stereocenters. The van der Waals surface area contributed by atoms with Gasteiger partial charge < -0.3 is 9.88 Å². The van der Waals surface area contributed by atoms with Crippen molar-refractivity contribution in [1.82, 2.24) is 14.9 Å². The molecule has 4 nitrogen and oxygen atoms in total. The highest BCUT2D eigenvalue weighted by atomic mass is 32.1. The highest BCUT2D eigenvalue weighted by Crippen LogP contribution is 2.29. The van der Waals surface area contributed by atoms with Gasteiger partial charge in [0.2, 0.25) is 0 Å². The monoisotopic (exact) mass is 401 g/mol. The Kier molecular flexibility index (Phi) is 4.47. The Labute approximate surface area is 174 Å². The number of nitrogens with one attached hydrogen (secondary N) is 1. The number of aromatic amines is 1. The van der Waals surface area contributed by atoms with Crippen LogP contribution in [-0.2, 0) is 13.0 Å². The second kappa shape index (κ2) is 7.16. The van der Waals surface area contributed by atoms with Crippen LogP contribution < -0.4 is 0 Å². The number of hydrogen-bond acceptors (Lipinski definition) is 3. The first-order valence-electron chi connectivity index (χ1n) is 10.0. The molecule has 2 aromatic carbocycles. The van der Waals surface area contributed by atoms with Crippen molar-refractivity contribution in [3.05, 3.63) is 75.2 Å². The summed E-state index contributed by atoms with van der Waals surface area (Å²) in [4.78, 5) is 23.8. The van der Waals surface area contributed by atoms with Crippen molar-refractivity contribution in [2.24, 2.45) is 0 Å². The number of imidazole rings is 1. The summed E-state index contributed by atoms with van der Waals surface area (Å²) in [6.07, 6.45) is 2.02. The van der Waals surface area contributed by atoms with Crippen molar-refractivity contribution < 1.29 is 4.79 Å². The second-order valence-corrected chi connectivity index (χ2v) is 8.72. The molecule has 0 unspecified atom stereocenters. The SMILES string of the molecule is Cc1nc2cc(-c3ccc4c(c3)CN(C(=O)c3sccc3C)CCC4)ccc2[nH]1. The number of rotatable bonds is 2. The highest BCUT2D eigenvalue weighted by Gasteiger charge is 2.22. The topological polar surface area (TPSA) is 49.0 Å². The average Bonchev–Trinajstić information content (AvgIpc) is 3.23. The summed E-state index contributed by atoms with van der Waals surface area (Å²) >= 11 is 1.54. The fraction of sp³-hybridized carbons (Fsp3) is 0.250. The van der Waals surface area contributed by atoms with E-state index < -0.39 is 0 Å². The van der Waals surface area contributed by atoms with Crippen molar-refractivity contribution in [1.29, 1.82) is 0 Å². The number of carbonyl (C=O) groups is 1. The van der Waals surface area contributed by atoms with E-state index in [1.807, 2.05) is 30.2 Å². The number of benzene rings is 2. The predicted octanol–water partition coefficient (Wildman–Crippen LogP) is 5.50. The second-order valence-electron chi connectivity index (χ2n) is 7.80. The van der Waals surface area contributed by atoms with E-state index in [-0.39, 0.29) is 5.91 Å². The average molecular weight is 402 g/mol. The number of aromatic nitrogens is 2. The first-order valence-corrected chi connectivity index (χ1v) is 10.9. The normalized spacial score (nSPS) is 14.1. The van der Waals surface area contributed by atoms with Gasteiger partial charge in [-0.2, -0.15) is 0 Å². The molecule has 0 bridgehead atoms. The molecule has 0 radical (unpaired) electrons. The van der Waals surface area contributed by atoms with Gasteiger partial charge in [0.05, 0.1) is 15.9 Å². The summed E-state index contributed by atoms with van der Waals surface area (Å²) in [5.74, 6) is 1.08. The van der Waals surface area contributed by atoms with Gasteiger partial charge in [-0.15, -0.1) is 11.3 Å². The zero-order valence-corrected chi connectivity index (χ0v) is 17.5. The van der Waals surface area contributed by atoms with Crippen LogP contribution in [0.5, 0.6) is 0 Å². The first-order chi connectivity index (χ1) is 14.1. The summed E-state index contributed by atoms with van der Waals surface area (Å²) < 4.78 is 0. The molecule has 0 aliphatic carbocycles. The van der Waals surface area contributed by atoms with Gasteiger partial charge >= 0.3 is 0 Å². The van der Waals surface area contributed by atoms with Crippen LogP contribution in [0.1, 0.15) is 38.6 Å². The number of aryl methyl sites for hydroxylation is 3. The van der Waals surface area contributed by atoms with Crippen LogP contribution in [-0.4, -0.2) is 27.3 Å². The minimum atomic E-state index is 0.157. The van der Waals surface area contributed by atoms with Crippen LogP contribution >= 0.6 is 11.3 Å². The van der Waals surface area contributed by atoms with Crippen LogP contribution in [0.15, 0.2) is 47.8 Å². The number of fused-ring (bicyclic) bond motifs is 2. The molecular weight excluding hydrogens is 378 g/mol. The maximum Gasteiger partial charge on any atom is 0.264 e.